The number of carbonyl (C=O) groups excluding carboxylic acids is 1. The Morgan fingerprint density at radius 3 is 2.67 bits per heavy atom. The monoisotopic (exact) mass is 349 g/mol. The Labute approximate surface area is 132 Å². The third-order valence-corrected chi connectivity index (χ3v) is 3.20. The molecule has 0 saturated carbocycles. The summed E-state index contributed by atoms with van der Waals surface area (Å²) < 4.78 is 11.5. The third kappa shape index (κ3) is 5.47. The number of nitrogens with two attached hydrogens (primary N) is 1. The van der Waals surface area contributed by atoms with E-state index in [1.54, 1.807) is 12.1 Å². The van der Waals surface area contributed by atoms with Crippen LogP contribution in [0.25, 0.3) is 0 Å². The summed E-state index contributed by atoms with van der Waals surface area (Å²) in [6.07, 6.45) is 0.210. The lowest BCUT2D eigenvalue weighted by atomic mass is 10.1. The molecule has 21 heavy (non-hydrogen) atoms. The highest BCUT2D eigenvalue weighted by Crippen LogP contribution is 2.17. The molecule has 2 aromatic carbocycles. The molecule has 0 aliphatic carbocycles. The van der Waals surface area contributed by atoms with Crippen LogP contribution in [-0.2, 0) is 16.0 Å². The molecule has 0 aliphatic rings. The number of halogens is 1. The van der Waals surface area contributed by atoms with E-state index in [1.807, 2.05) is 36.4 Å². The summed E-state index contributed by atoms with van der Waals surface area (Å²) in [5.74, 6) is 0.440. The van der Waals surface area contributed by atoms with Gasteiger partial charge < -0.3 is 15.2 Å². The second-order valence-electron chi connectivity index (χ2n) is 4.45. The topological polar surface area (TPSA) is 61.6 Å². The molecule has 0 spiro atoms. The van der Waals surface area contributed by atoms with E-state index in [2.05, 4.69) is 15.9 Å². The van der Waals surface area contributed by atoms with Gasteiger partial charge in [0.1, 0.15) is 19.0 Å². The van der Waals surface area contributed by atoms with Crippen molar-refractivity contribution in [1.29, 1.82) is 0 Å². The van der Waals surface area contributed by atoms with E-state index >= 15 is 0 Å². The molecule has 2 N–H and O–H groups in total. The number of rotatable bonds is 6. The van der Waals surface area contributed by atoms with Gasteiger partial charge in [-0.3, -0.25) is 4.79 Å². The lowest BCUT2D eigenvalue weighted by Crippen LogP contribution is -2.14. The van der Waals surface area contributed by atoms with E-state index in [0.29, 0.717) is 12.3 Å². The van der Waals surface area contributed by atoms with Gasteiger partial charge in [0, 0.05) is 10.2 Å². The summed E-state index contributed by atoms with van der Waals surface area (Å²) in [5, 5.41) is 0. The zero-order valence-corrected chi connectivity index (χ0v) is 13.0. The SMILES string of the molecule is Nc1cccc(CC(=O)OCCOc2cccc(Br)c2)c1. The maximum atomic E-state index is 11.7. The van der Waals surface area contributed by atoms with Crippen molar-refractivity contribution in [3.05, 3.63) is 58.6 Å². The minimum Gasteiger partial charge on any atom is -0.490 e. The fourth-order valence-corrected chi connectivity index (χ4v) is 2.17. The summed E-state index contributed by atoms with van der Waals surface area (Å²) in [6, 6.07) is 14.7. The maximum Gasteiger partial charge on any atom is 0.310 e. The lowest BCUT2D eigenvalue weighted by molar-refractivity contribution is -0.143. The van der Waals surface area contributed by atoms with Gasteiger partial charge in [0.15, 0.2) is 0 Å². The minimum absolute atomic E-state index is 0.210. The molecule has 0 aromatic heterocycles. The minimum atomic E-state index is -0.293. The number of carbonyl (C=O) groups is 1. The molecular weight excluding hydrogens is 334 g/mol. The van der Waals surface area contributed by atoms with E-state index in [4.69, 9.17) is 15.2 Å². The molecule has 0 unspecified atom stereocenters. The van der Waals surface area contributed by atoms with Crippen molar-refractivity contribution >= 4 is 27.6 Å². The molecule has 0 atom stereocenters. The van der Waals surface area contributed by atoms with E-state index in [9.17, 15) is 4.79 Å². The van der Waals surface area contributed by atoms with E-state index in [-0.39, 0.29) is 19.0 Å². The molecule has 0 amide bonds. The van der Waals surface area contributed by atoms with Crippen molar-refractivity contribution in [2.75, 3.05) is 18.9 Å². The Kier molecular flexibility index (Phi) is 5.63. The molecular formula is C16H16BrNO3. The van der Waals surface area contributed by atoms with Gasteiger partial charge in [0.05, 0.1) is 6.42 Å². The van der Waals surface area contributed by atoms with Crippen LogP contribution in [0.4, 0.5) is 5.69 Å². The Balaban J connectivity index is 1.70. The Hall–Kier alpha value is -2.01. The molecule has 0 bridgehead atoms. The number of esters is 1. The van der Waals surface area contributed by atoms with Crippen LogP contribution >= 0.6 is 15.9 Å². The smallest absolute Gasteiger partial charge is 0.310 e. The second kappa shape index (κ2) is 7.69. The predicted molar refractivity (Wildman–Crippen MR) is 85.2 cm³/mol. The maximum absolute atomic E-state index is 11.7. The number of nitrogen functional groups attached to an aromatic ring is 1. The number of hydrogen-bond donors (Lipinski definition) is 1. The van der Waals surface area contributed by atoms with Gasteiger partial charge in [0.2, 0.25) is 0 Å². The standard InChI is InChI=1S/C16H16BrNO3/c17-13-4-2-6-15(11-13)20-7-8-21-16(19)10-12-3-1-5-14(18)9-12/h1-6,9,11H,7-8,10,18H2. The molecule has 110 valence electrons. The largest absolute Gasteiger partial charge is 0.490 e. The van der Waals surface area contributed by atoms with Crippen LogP contribution in [0.5, 0.6) is 5.75 Å². The van der Waals surface area contributed by atoms with Crippen LogP contribution in [0.15, 0.2) is 53.0 Å². The molecule has 4 nitrogen and oxygen atoms in total. The molecule has 2 rings (SSSR count). The summed E-state index contributed by atoms with van der Waals surface area (Å²) in [7, 11) is 0. The molecule has 2 aromatic rings. The summed E-state index contributed by atoms with van der Waals surface area (Å²) in [5.41, 5.74) is 7.13. The third-order valence-electron chi connectivity index (χ3n) is 2.71. The average Bonchev–Trinajstić information content (AvgIpc) is 2.44. The van der Waals surface area contributed by atoms with Gasteiger partial charge in [-0.1, -0.05) is 34.1 Å². The van der Waals surface area contributed by atoms with Crippen LogP contribution in [-0.4, -0.2) is 19.2 Å². The average molecular weight is 350 g/mol. The molecule has 0 saturated heterocycles. The predicted octanol–water partition coefficient (Wildman–Crippen LogP) is 3.20. The number of benzene rings is 2. The summed E-state index contributed by atoms with van der Waals surface area (Å²) in [4.78, 5) is 11.7. The van der Waals surface area contributed by atoms with E-state index < -0.39 is 0 Å². The van der Waals surface area contributed by atoms with Crippen LogP contribution in [0.1, 0.15) is 5.56 Å². The van der Waals surface area contributed by atoms with E-state index in [0.717, 1.165) is 15.8 Å². The first-order valence-electron chi connectivity index (χ1n) is 6.52. The van der Waals surface area contributed by atoms with Gasteiger partial charge in [-0.05, 0) is 35.9 Å². The van der Waals surface area contributed by atoms with Gasteiger partial charge in [-0.15, -0.1) is 0 Å². The van der Waals surface area contributed by atoms with Crippen molar-refractivity contribution in [1.82, 2.24) is 0 Å². The molecule has 0 heterocycles. The molecule has 0 radical (unpaired) electrons. The first-order chi connectivity index (χ1) is 10.1. The van der Waals surface area contributed by atoms with Crippen molar-refractivity contribution < 1.29 is 14.3 Å². The van der Waals surface area contributed by atoms with Gasteiger partial charge in [-0.2, -0.15) is 0 Å². The fourth-order valence-electron chi connectivity index (χ4n) is 1.79. The van der Waals surface area contributed by atoms with Crippen LogP contribution in [0.2, 0.25) is 0 Å². The van der Waals surface area contributed by atoms with Crippen molar-refractivity contribution in [2.45, 2.75) is 6.42 Å². The highest BCUT2D eigenvalue weighted by Gasteiger charge is 2.05. The number of ether oxygens (including phenoxy) is 2. The second-order valence-corrected chi connectivity index (χ2v) is 5.36. The zero-order chi connectivity index (χ0) is 15.1. The van der Waals surface area contributed by atoms with Crippen LogP contribution < -0.4 is 10.5 Å². The molecule has 0 aliphatic heterocycles. The fraction of sp³-hybridized carbons (Fsp3) is 0.188. The van der Waals surface area contributed by atoms with Crippen molar-refractivity contribution in [3.63, 3.8) is 0 Å². The van der Waals surface area contributed by atoms with Gasteiger partial charge in [-0.25, -0.2) is 0 Å². The Morgan fingerprint density at radius 1 is 1.10 bits per heavy atom. The Morgan fingerprint density at radius 2 is 1.90 bits per heavy atom. The lowest BCUT2D eigenvalue weighted by Gasteiger charge is -2.08. The normalized spacial score (nSPS) is 10.1. The molecule has 5 heteroatoms. The first kappa shape index (κ1) is 15.4. The molecule has 0 fully saturated rings. The van der Waals surface area contributed by atoms with Crippen LogP contribution in [0.3, 0.4) is 0 Å². The highest BCUT2D eigenvalue weighted by molar-refractivity contribution is 9.10. The zero-order valence-electron chi connectivity index (χ0n) is 11.4. The van der Waals surface area contributed by atoms with Crippen molar-refractivity contribution in [2.24, 2.45) is 0 Å². The highest BCUT2D eigenvalue weighted by atomic mass is 79.9. The summed E-state index contributed by atoms with van der Waals surface area (Å²) >= 11 is 3.36. The van der Waals surface area contributed by atoms with Crippen molar-refractivity contribution in [3.8, 4) is 5.75 Å². The summed E-state index contributed by atoms with van der Waals surface area (Å²) in [6.45, 7) is 0.535. The van der Waals surface area contributed by atoms with Crippen LogP contribution in [0, 0.1) is 0 Å². The number of anilines is 1. The quantitative estimate of drug-likeness (QED) is 0.494. The Bertz CT molecular complexity index is 616. The van der Waals surface area contributed by atoms with Gasteiger partial charge in [0.25, 0.3) is 0 Å². The first-order valence-corrected chi connectivity index (χ1v) is 7.31. The van der Waals surface area contributed by atoms with E-state index in [1.165, 1.54) is 0 Å². The van der Waals surface area contributed by atoms with Gasteiger partial charge >= 0.3 is 5.97 Å². The number of hydrogen-bond acceptors (Lipinski definition) is 4.